The first-order valence-corrected chi connectivity index (χ1v) is 5.91. The predicted octanol–water partition coefficient (Wildman–Crippen LogP) is 2.82. The van der Waals surface area contributed by atoms with Crippen LogP contribution >= 0.6 is 11.6 Å². The molecule has 0 fully saturated rings. The molecular formula is C13H16ClN3. The molecule has 1 heterocycles. The van der Waals surface area contributed by atoms with Crippen molar-refractivity contribution in [2.24, 2.45) is 12.8 Å². The standard InChI is InChI=1S/C13H16ClN3/c1-8-4-5-10(9(2)6-8)13-16-11(7-15)12(14)17(13)3/h4-6H,7,15H2,1-3H3. The third-order valence-corrected chi connectivity index (χ3v) is 3.38. The van der Waals surface area contributed by atoms with Gasteiger partial charge in [0.25, 0.3) is 0 Å². The molecule has 0 radical (unpaired) electrons. The zero-order valence-electron chi connectivity index (χ0n) is 10.3. The summed E-state index contributed by atoms with van der Waals surface area (Å²) in [7, 11) is 1.91. The summed E-state index contributed by atoms with van der Waals surface area (Å²) < 4.78 is 1.88. The number of aromatic nitrogens is 2. The van der Waals surface area contributed by atoms with Gasteiger partial charge in [0, 0.05) is 19.2 Å². The van der Waals surface area contributed by atoms with Gasteiger partial charge in [-0.3, -0.25) is 0 Å². The molecule has 0 spiro atoms. The molecule has 0 amide bonds. The second-order valence-electron chi connectivity index (χ2n) is 4.25. The van der Waals surface area contributed by atoms with E-state index in [2.05, 4.69) is 37.0 Å². The van der Waals surface area contributed by atoms with Crippen LogP contribution in [0.3, 0.4) is 0 Å². The Morgan fingerprint density at radius 1 is 1.35 bits per heavy atom. The smallest absolute Gasteiger partial charge is 0.141 e. The topological polar surface area (TPSA) is 43.8 Å². The Hall–Kier alpha value is -1.32. The third-order valence-electron chi connectivity index (χ3n) is 2.91. The van der Waals surface area contributed by atoms with Crippen molar-refractivity contribution in [2.75, 3.05) is 0 Å². The maximum absolute atomic E-state index is 6.17. The van der Waals surface area contributed by atoms with Gasteiger partial charge in [0.1, 0.15) is 11.0 Å². The summed E-state index contributed by atoms with van der Waals surface area (Å²) in [5.74, 6) is 0.868. The average molecular weight is 250 g/mol. The van der Waals surface area contributed by atoms with Crippen molar-refractivity contribution < 1.29 is 0 Å². The zero-order chi connectivity index (χ0) is 12.6. The van der Waals surface area contributed by atoms with Gasteiger partial charge in [-0.1, -0.05) is 35.4 Å². The molecule has 0 saturated heterocycles. The van der Waals surface area contributed by atoms with Crippen LogP contribution in [0.5, 0.6) is 0 Å². The maximum Gasteiger partial charge on any atom is 0.141 e. The van der Waals surface area contributed by atoms with Gasteiger partial charge in [-0.2, -0.15) is 0 Å². The van der Waals surface area contributed by atoms with E-state index in [0.717, 1.165) is 17.1 Å². The van der Waals surface area contributed by atoms with Gasteiger partial charge >= 0.3 is 0 Å². The van der Waals surface area contributed by atoms with E-state index >= 15 is 0 Å². The quantitative estimate of drug-likeness (QED) is 0.890. The van der Waals surface area contributed by atoms with E-state index in [9.17, 15) is 0 Å². The van der Waals surface area contributed by atoms with E-state index in [1.165, 1.54) is 11.1 Å². The lowest BCUT2D eigenvalue weighted by Gasteiger charge is -2.07. The van der Waals surface area contributed by atoms with Gasteiger partial charge in [0.15, 0.2) is 0 Å². The fourth-order valence-corrected chi connectivity index (χ4v) is 2.17. The van der Waals surface area contributed by atoms with Crippen molar-refractivity contribution in [3.63, 3.8) is 0 Å². The molecule has 1 aromatic heterocycles. The van der Waals surface area contributed by atoms with Crippen LogP contribution in [0.1, 0.15) is 16.8 Å². The molecule has 2 aromatic rings. The normalized spacial score (nSPS) is 10.9. The number of rotatable bonds is 2. The monoisotopic (exact) mass is 249 g/mol. The second kappa shape index (κ2) is 4.51. The molecule has 0 saturated carbocycles. The van der Waals surface area contributed by atoms with Crippen LogP contribution in [-0.2, 0) is 13.6 Å². The van der Waals surface area contributed by atoms with E-state index < -0.39 is 0 Å². The molecule has 0 aliphatic rings. The number of imidazole rings is 1. The SMILES string of the molecule is Cc1ccc(-c2nc(CN)c(Cl)n2C)c(C)c1. The minimum Gasteiger partial charge on any atom is -0.325 e. The number of benzene rings is 1. The van der Waals surface area contributed by atoms with Gasteiger partial charge in [-0.15, -0.1) is 0 Å². The van der Waals surface area contributed by atoms with Crippen LogP contribution in [0.15, 0.2) is 18.2 Å². The Balaban J connectivity index is 2.60. The Bertz CT molecular complexity index is 558. The molecule has 2 rings (SSSR count). The van der Waals surface area contributed by atoms with Crippen molar-refractivity contribution in [2.45, 2.75) is 20.4 Å². The fourth-order valence-electron chi connectivity index (χ4n) is 1.97. The highest BCUT2D eigenvalue weighted by atomic mass is 35.5. The Kier molecular flexibility index (Phi) is 3.22. The lowest BCUT2D eigenvalue weighted by molar-refractivity contribution is 0.920. The lowest BCUT2D eigenvalue weighted by Crippen LogP contribution is -1.97. The third kappa shape index (κ3) is 2.08. The zero-order valence-corrected chi connectivity index (χ0v) is 11.0. The van der Waals surface area contributed by atoms with Crippen molar-refractivity contribution in [1.82, 2.24) is 9.55 Å². The molecule has 0 aliphatic carbocycles. The van der Waals surface area contributed by atoms with Crippen molar-refractivity contribution in [3.05, 3.63) is 40.2 Å². The van der Waals surface area contributed by atoms with Gasteiger partial charge < -0.3 is 10.3 Å². The predicted molar refractivity (Wildman–Crippen MR) is 71.0 cm³/mol. The van der Waals surface area contributed by atoms with E-state index in [1.54, 1.807) is 0 Å². The maximum atomic E-state index is 6.17. The van der Waals surface area contributed by atoms with E-state index in [0.29, 0.717) is 11.7 Å². The van der Waals surface area contributed by atoms with Crippen LogP contribution < -0.4 is 5.73 Å². The summed E-state index contributed by atoms with van der Waals surface area (Å²) >= 11 is 6.17. The van der Waals surface area contributed by atoms with Crippen molar-refractivity contribution in [3.8, 4) is 11.4 Å². The summed E-state index contributed by atoms with van der Waals surface area (Å²) in [6.07, 6.45) is 0. The summed E-state index contributed by atoms with van der Waals surface area (Å²) in [5, 5.41) is 0.613. The van der Waals surface area contributed by atoms with E-state index in [-0.39, 0.29) is 0 Å². The highest BCUT2D eigenvalue weighted by Gasteiger charge is 2.14. The summed E-state index contributed by atoms with van der Waals surface area (Å²) in [5.41, 5.74) is 9.88. The van der Waals surface area contributed by atoms with Crippen molar-refractivity contribution in [1.29, 1.82) is 0 Å². The molecule has 17 heavy (non-hydrogen) atoms. The van der Waals surface area contributed by atoms with Gasteiger partial charge in [-0.05, 0) is 19.4 Å². The van der Waals surface area contributed by atoms with E-state index in [1.807, 2.05) is 11.6 Å². The number of hydrogen-bond donors (Lipinski definition) is 1. The Morgan fingerprint density at radius 2 is 2.06 bits per heavy atom. The minimum atomic E-state index is 0.359. The molecule has 90 valence electrons. The van der Waals surface area contributed by atoms with Crippen LogP contribution in [-0.4, -0.2) is 9.55 Å². The van der Waals surface area contributed by atoms with Crippen LogP contribution in [0.2, 0.25) is 5.15 Å². The van der Waals surface area contributed by atoms with Crippen LogP contribution in [0, 0.1) is 13.8 Å². The molecule has 3 nitrogen and oxygen atoms in total. The summed E-state index contributed by atoms with van der Waals surface area (Å²) in [6, 6.07) is 6.29. The highest BCUT2D eigenvalue weighted by molar-refractivity contribution is 6.30. The molecule has 0 bridgehead atoms. The average Bonchev–Trinajstić information content (AvgIpc) is 2.57. The number of nitrogens with zero attached hydrogens (tertiary/aromatic N) is 2. The lowest BCUT2D eigenvalue weighted by atomic mass is 10.1. The van der Waals surface area contributed by atoms with Gasteiger partial charge in [0.05, 0.1) is 5.69 Å². The van der Waals surface area contributed by atoms with Crippen LogP contribution in [0.4, 0.5) is 0 Å². The first-order valence-electron chi connectivity index (χ1n) is 5.53. The van der Waals surface area contributed by atoms with Gasteiger partial charge in [0.2, 0.25) is 0 Å². The Morgan fingerprint density at radius 3 is 2.59 bits per heavy atom. The fraction of sp³-hybridized carbons (Fsp3) is 0.308. The van der Waals surface area contributed by atoms with Crippen molar-refractivity contribution >= 4 is 11.6 Å². The molecular weight excluding hydrogens is 234 g/mol. The highest BCUT2D eigenvalue weighted by Crippen LogP contribution is 2.27. The van der Waals surface area contributed by atoms with E-state index in [4.69, 9.17) is 17.3 Å². The summed E-state index contributed by atoms with van der Waals surface area (Å²) in [4.78, 5) is 4.49. The number of hydrogen-bond acceptors (Lipinski definition) is 2. The number of halogens is 1. The molecule has 4 heteroatoms. The number of aryl methyl sites for hydroxylation is 2. The largest absolute Gasteiger partial charge is 0.325 e. The van der Waals surface area contributed by atoms with Crippen LogP contribution in [0.25, 0.3) is 11.4 Å². The second-order valence-corrected chi connectivity index (χ2v) is 4.61. The minimum absolute atomic E-state index is 0.359. The molecule has 0 unspecified atom stereocenters. The van der Waals surface area contributed by atoms with Gasteiger partial charge in [-0.25, -0.2) is 4.98 Å². The molecule has 0 aliphatic heterocycles. The molecule has 1 aromatic carbocycles. The number of nitrogens with two attached hydrogens (primary N) is 1. The Labute approximate surface area is 106 Å². The first kappa shape index (κ1) is 12.1. The molecule has 2 N–H and O–H groups in total. The first-order chi connectivity index (χ1) is 8.04. The molecule has 0 atom stereocenters. The summed E-state index contributed by atoms with van der Waals surface area (Å²) in [6.45, 7) is 4.51.